The summed E-state index contributed by atoms with van der Waals surface area (Å²) in [5, 5.41) is 14.1. The molecule has 0 saturated carbocycles. The van der Waals surface area contributed by atoms with E-state index in [1.54, 1.807) is 11.6 Å². The Morgan fingerprint density at radius 3 is 2.83 bits per heavy atom. The van der Waals surface area contributed by atoms with E-state index in [1.807, 2.05) is 24.3 Å². The van der Waals surface area contributed by atoms with Gasteiger partial charge in [-0.25, -0.2) is 0 Å². The van der Waals surface area contributed by atoms with Gasteiger partial charge in [0.25, 0.3) is 0 Å². The predicted octanol–water partition coefficient (Wildman–Crippen LogP) is 2.18. The number of fused-ring (bicyclic) bond motifs is 1. The zero-order chi connectivity index (χ0) is 13.1. The van der Waals surface area contributed by atoms with E-state index in [9.17, 15) is 4.79 Å². The molecule has 1 aromatic heterocycles. The first kappa shape index (κ1) is 12.5. The van der Waals surface area contributed by atoms with Crippen LogP contribution in [-0.4, -0.2) is 27.3 Å². The maximum absolute atomic E-state index is 12.0. The number of aliphatic hydroxyl groups excluding tert-OH is 1. The van der Waals surface area contributed by atoms with Gasteiger partial charge in [0.05, 0.1) is 5.52 Å². The summed E-state index contributed by atoms with van der Waals surface area (Å²) in [5.74, 6) is -0.131. The quantitative estimate of drug-likeness (QED) is 0.648. The number of benzene rings is 1. The lowest BCUT2D eigenvalue weighted by Crippen LogP contribution is -2.05. The number of aryl methyl sites for hydroxylation is 1. The molecule has 1 aromatic carbocycles. The van der Waals surface area contributed by atoms with Gasteiger partial charge in [-0.3, -0.25) is 9.48 Å². The minimum Gasteiger partial charge on any atom is -0.396 e. The van der Waals surface area contributed by atoms with Gasteiger partial charge in [-0.15, -0.1) is 0 Å². The zero-order valence-electron chi connectivity index (χ0n) is 10.4. The molecular formula is C14H16N2O2. The molecule has 0 atom stereocenters. The Morgan fingerprint density at radius 2 is 2.17 bits per heavy atom. The minimum absolute atomic E-state index is 0.109. The van der Waals surface area contributed by atoms with Gasteiger partial charge >= 0.3 is 0 Å². The number of nitrogens with zero attached hydrogens (tertiary/aromatic N) is 2. The molecule has 1 heterocycles. The molecule has 94 valence electrons. The summed E-state index contributed by atoms with van der Waals surface area (Å²) in [6, 6.07) is 7.60. The highest BCUT2D eigenvalue weighted by Gasteiger charge is 2.16. The molecule has 0 radical (unpaired) electrons. The van der Waals surface area contributed by atoms with E-state index in [0.717, 1.165) is 10.9 Å². The molecule has 0 bridgehead atoms. The predicted molar refractivity (Wildman–Crippen MR) is 70.6 cm³/mol. The maximum atomic E-state index is 12.0. The van der Waals surface area contributed by atoms with Crippen LogP contribution in [-0.2, 0) is 6.54 Å². The third kappa shape index (κ3) is 2.19. The third-order valence-corrected chi connectivity index (χ3v) is 2.79. The Morgan fingerprint density at radius 1 is 1.44 bits per heavy atom. The number of hydrogen-bond acceptors (Lipinski definition) is 3. The second-order valence-corrected chi connectivity index (χ2v) is 4.28. The summed E-state index contributed by atoms with van der Waals surface area (Å²) in [5.41, 5.74) is 1.83. The molecule has 18 heavy (non-hydrogen) atoms. The van der Waals surface area contributed by atoms with Crippen molar-refractivity contribution in [2.75, 3.05) is 6.61 Å². The highest BCUT2D eigenvalue weighted by atomic mass is 16.3. The van der Waals surface area contributed by atoms with Gasteiger partial charge in [0.1, 0.15) is 5.69 Å². The lowest BCUT2D eigenvalue weighted by Gasteiger charge is -2.00. The molecule has 0 unspecified atom stereocenters. The first-order valence-corrected chi connectivity index (χ1v) is 5.91. The Labute approximate surface area is 106 Å². The van der Waals surface area contributed by atoms with Crippen LogP contribution in [0.4, 0.5) is 0 Å². The van der Waals surface area contributed by atoms with E-state index in [2.05, 4.69) is 11.7 Å². The van der Waals surface area contributed by atoms with Gasteiger partial charge in [-0.05, 0) is 25.0 Å². The average Bonchev–Trinajstić information content (AvgIpc) is 2.74. The van der Waals surface area contributed by atoms with Crippen LogP contribution in [0.15, 0.2) is 36.4 Å². The Balaban J connectivity index is 2.54. The fraction of sp³-hybridized carbons (Fsp3) is 0.286. The number of hydrogen-bond donors (Lipinski definition) is 1. The van der Waals surface area contributed by atoms with Crippen LogP contribution in [0.3, 0.4) is 0 Å². The molecule has 0 aliphatic rings. The first-order valence-electron chi connectivity index (χ1n) is 5.91. The molecule has 0 fully saturated rings. The molecule has 0 aliphatic carbocycles. The number of para-hydroxylation sites is 1. The molecule has 1 N–H and O–H groups in total. The van der Waals surface area contributed by atoms with Crippen LogP contribution in [0.2, 0.25) is 0 Å². The van der Waals surface area contributed by atoms with E-state index in [4.69, 9.17) is 5.11 Å². The van der Waals surface area contributed by atoms with Crippen molar-refractivity contribution in [2.45, 2.75) is 19.9 Å². The fourth-order valence-electron chi connectivity index (χ4n) is 1.89. The van der Waals surface area contributed by atoms with Crippen LogP contribution in [0, 0.1) is 0 Å². The fourth-order valence-corrected chi connectivity index (χ4v) is 1.89. The van der Waals surface area contributed by atoms with Gasteiger partial charge in [-0.2, -0.15) is 5.10 Å². The normalized spacial score (nSPS) is 10.8. The van der Waals surface area contributed by atoms with Crippen molar-refractivity contribution in [1.29, 1.82) is 0 Å². The van der Waals surface area contributed by atoms with Crippen molar-refractivity contribution in [3.05, 3.63) is 42.1 Å². The van der Waals surface area contributed by atoms with Gasteiger partial charge in [0.15, 0.2) is 0 Å². The molecule has 0 saturated heterocycles. The second kappa shape index (κ2) is 5.14. The van der Waals surface area contributed by atoms with Gasteiger partial charge < -0.3 is 5.11 Å². The van der Waals surface area contributed by atoms with Crippen molar-refractivity contribution in [1.82, 2.24) is 9.78 Å². The number of aliphatic hydroxyl groups is 1. The molecule has 0 spiro atoms. The SMILES string of the molecule is C=C(C)C(=O)c1nn(CCCO)c2ccccc12. The minimum atomic E-state index is -0.131. The maximum Gasteiger partial charge on any atom is 0.208 e. The van der Waals surface area contributed by atoms with E-state index in [0.29, 0.717) is 24.2 Å². The largest absolute Gasteiger partial charge is 0.396 e. The summed E-state index contributed by atoms with van der Waals surface area (Å²) in [6.45, 7) is 6.06. The molecule has 0 aliphatic heterocycles. The van der Waals surface area contributed by atoms with Crippen molar-refractivity contribution in [3.63, 3.8) is 0 Å². The van der Waals surface area contributed by atoms with E-state index >= 15 is 0 Å². The van der Waals surface area contributed by atoms with Crippen molar-refractivity contribution >= 4 is 16.7 Å². The van der Waals surface area contributed by atoms with Crippen molar-refractivity contribution < 1.29 is 9.90 Å². The number of carbonyl (C=O) groups excluding carboxylic acids is 1. The Bertz CT molecular complexity index is 599. The summed E-state index contributed by atoms with van der Waals surface area (Å²) < 4.78 is 1.77. The monoisotopic (exact) mass is 244 g/mol. The number of aromatic nitrogens is 2. The van der Waals surface area contributed by atoms with Crippen LogP contribution in [0.25, 0.3) is 10.9 Å². The number of ketones is 1. The number of rotatable bonds is 5. The highest BCUT2D eigenvalue weighted by Crippen LogP contribution is 2.20. The number of Topliss-reactive ketones (excluding diaryl/α,β-unsaturated/α-hetero) is 1. The summed E-state index contributed by atoms with van der Waals surface area (Å²) in [7, 11) is 0. The zero-order valence-corrected chi connectivity index (χ0v) is 10.4. The summed E-state index contributed by atoms with van der Waals surface area (Å²) >= 11 is 0. The Kier molecular flexibility index (Phi) is 3.58. The molecule has 2 rings (SSSR count). The summed E-state index contributed by atoms with van der Waals surface area (Å²) in [4.78, 5) is 12.0. The smallest absolute Gasteiger partial charge is 0.208 e. The topological polar surface area (TPSA) is 55.1 Å². The lowest BCUT2D eigenvalue weighted by atomic mass is 10.1. The summed E-state index contributed by atoms with van der Waals surface area (Å²) in [6.07, 6.45) is 0.617. The van der Waals surface area contributed by atoms with Crippen LogP contribution in [0.1, 0.15) is 23.8 Å². The van der Waals surface area contributed by atoms with Crippen LogP contribution < -0.4 is 0 Å². The molecule has 4 nitrogen and oxygen atoms in total. The van der Waals surface area contributed by atoms with Crippen molar-refractivity contribution in [2.24, 2.45) is 0 Å². The average molecular weight is 244 g/mol. The highest BCUT2D eigenvalue weighted by molar-refractivity contribution is 6.14. The van der Waals surface area contributed by atoms with E-state index in [1.165, 1.54) is 0 Å². The molecule has 2 aromatic rings. The number of allylic oxidation sites excluding steroid dienone is 1. The Hall–Kier alpha value is -1.94. The van der Waals surface area contributed by atoms with Gasteiger partial charge in [0.2, 0.25) is 5.78 Å². The van der Waals surface area contributed by atoms with Crippen LogP contribution in [0.5, 0.6) is 0 Å². The van der Waals surface area contributed by atoms with Crippen molar-refractivity contribution in [3.8, 4) is 0 Å². The van der Waals surface area contributed by atoms with Gasteiger partial charge in [-0.1, -0.05) is 24.8 Å². The van der Waals surface area contributed by atoms with E-state index < -0.39 is 0 Å². The van der Waals surface area contributed by atoms with Gasteiger partial charge in [0, 0.05) is 18.5 Å². The molecule has 4 heteroatoms. The standard InChI is InChI=1S/C14H16N2O2/c1-10(2)14(18)13-11-6-3-4-7-12(11)16(15-13)8-5-9-17/h3-4,6-7,17H,1,5,8-9H2,2H3. The van der Waals surface area contributed by atoms with E-state index in [-0.39, 0.29) is 12.4 Å². The first-order chi connectivity index (χ1) is 8.65. The molecule has 0 amide bonds. The molecular weight excluding hydrogens is 228 g/mol. The van der Waals surface area contributed by atoms with Crippen LogP contribution >= 0.6 is 0 Å². The number of carbonyl (C=O) groups is 1. The second-order valence-electron chi connectivity index (χ2n) is 4.28. The third-order valence-electron chi connectivity index (χ3n) is 2.79. The lowest BCUT2D eigenvalue weighted by molar-refractivity contribution is 0.103.